The Morgan fingerprint density at radius 3 is 2.55 bits per heavy atom. The topological polar surface area (TPSA) is 30.0 Å². The number of fused-ring (bicyclic) bond motifs is 1. The Balaban J connectivity index is 2.15. The highest BCUT2D eigenvalue weighted by Gasteiger charge is 2.13. The summed E-state index contributed by atoms with van der Waals surface area (Å²) in [4.78, 5) is 16.8. The lowest BCUT2D eigenvalue weighted by atomic mass is 10.00. The van der Waals surface area contributed by atoms with E-state index >= 15 is 0 Å². The van der Waals surface area contributed by atoms with E-state index < -0.39 is 0 Å². The smallest absolute Gasteiger partial charge is 0.193 e. The molecule has 0 N–H and O–H groups in total. The molecule has 2 aromatic carbocycles. The zero-order chi connectivity index (χ0) is 14.1. The van der Waals surface area contributed by atoms with Crippen LogP contribution in [0, 0.1) is 0 Å². The monoisotopic (exact) mass is 301 g/mol. The van der Waals surface area contributed by atoms with Crippen LogP contribution in [-0.2, 0) is 0 Å². The van der Waals surface area contributed by atoms with Crippen molar-refractivity contribution in [2.24, 2.45) is 0 Å². The van der Waals surface area contributed by atoms with Crippen LogP contribution >= 0.6 is 23.2 Å². The first-order valence-corrected chi connectivity index (χ1v) is 6.76. The lowest BCUT2D eigenvalue weighted by molar-refractivity contribution is 0.104. The van der Waals surface area contributed by atoms with Gasteiger partial charge >= 0.3 is 0 Å². The zero-order valence-corrected chi connectivity index (χ0v) is 11.8. The van der Waals surface area contributed by atoms with Gasteiger partial charge in [0.05, 0.1) is 15.6 Å². The summed E-state index contributed by atoms with van der Waals surface area (Å²) >= 11 is 11.8. The molecule has 0 spiro atoms. The second-order valence-electron chi connectivity index (χ2n) is 4.33. The van der Waals surface area contributed by atoms with Gasteiger partial charge in [0.15, 0.2) is 5.78 Å². The predicted octanol–water partition coefficient (Wildman–Crippen LogP) is 4.77. The Bertz CT molecular complexity index is 809. The van der Waals surface area contributed by atoms with Crippen molar-refractivity contribution >= 4 is 39.9 Å². The second-order valence-corrected chi connectivity index (χ2v) is 5.15. The Morgan fingerprint density at radius 2 is 1.75 bits per heavy atom. The molecule has 0 bridgehead atoms. The van der Waals surface area contributed by atoms with E-state index in [-0.39, 0.29) is 5.78 Å². The number of para-hydroxylation sites is 1. The van der Waals surface area contributed by atoms with Gasteiger partial charge in [-0.3, -0.25) is 9.78 Å². The largest absolute Gasteiger partial charge is 0.289 e. The molecule has 0 radical (unpaired) electrons. The molecule has 0 unspecified atom stereocenters. The predicted molar refractivity (Wildman–Crippen MR) is 81.6 cm³/mol. The van der Waals surface area contributed by atoms with Crippen LogP contribution in [0.1, 0.15) is 15.9 Å². The fourth-order valence-electron chi connectivity index (χ4n) is 2.09. The first-order valence-electron chi connectivity index (χ1n) is 6.00. The van der Waals surface area contributed by atoms with Crippen molar-refractivity contribution in [2.75, 3.05) is 0 Å². The second kappa shape index (κ2) is 5.23. The Hall–Kier alpha value is -1.90. The zero-order valence-electron chi connectivity index (χ0n) is 10.3. The van der Waals surface area contributed by atoms with Gasteiger partial charge in [-0.2, -0.15) is 0 Å². The van der Waals surface area contributed by atoms with Crippen LogP contribution in [0.5, 0.6) is 0 Å². The van der Waals surface area contributed by atoms with Crippen molar-refractivity contribution in [1.29, 1.82) is 0 Å². The Kier molecular flexibility index (Phi) is 3.43. The summed E-state index contributed by atoms with van der Waals surface area (Å²) in [5.74, 6) is -0.0952. The molecule has 0 aliphatic heterocycles. The maximum atomic E-state index is 12.6. The Morgan fingerprint density at radius 1 is 0.950 bits per heavy atom. The lowest BCUT2D eigenvalue weighted by Gasteiger charge is -2.06. The number of aromatic nitrogens is 1. The number of halogens is 2. The number of ketones is 1. The third-order valence-electron chi connectivity index (χ3n) is 3.08. The van der Waals surface area contributed by atoms with Crippen LogP contribution in [0.4, 0.5) is 0 Å². The summed E-state index contributed by atoms with van der Waals surface area (Å²) in [6, 6.07) is 14.1. The van der Waals surface area contributed by atoms with E-state index in [4.69, 9.17) is 23.2 Å². The lowest BCUT2D eigenvalue weighted by Crippen LogP contribution is -2.02. The number of pyridine rings is 1. The maximum absolute atomic E-state index is 12.6. The van der Waals surface area contributed by atoms with Gasteiger partial charge in [0.25, 0.3) is 0 Å². The number of rotatable bonds is 2. The molecular formula is C16H9Cl2NO. The van der Waals surface area contributed by atoms with E-state index in [0.29, 0.717) is 21.2 Å². The molecule has 0 saturated heterocycles. The van der Waals surface area contributed by atoms with Crippen molar-refractivity contribution in [3.05, 3.63) is 75.9 Å². The number of hydrogen-bond donors (Lipinski definition) is 0. The SMILES string of the molecule is O=C(c1ccc(Cl)c(Cl)c1)c1ccnc2ccccc12. The highest BCUT2D eigenvalue weighted by molar-refractivity contribution is 6.42. The number of benzene rings is 2. The molecule has 1 heterocycles. The van der Waals surface area contributed by atoms with Gasteiger partial charge in [-0.25, -0.2) is 0 Å². The average Bonchev–Trinajstić information content (AvgIpc) is 2.49. The van der Waals surface area contributed by atoms with Crippen molar-refractivity contribution < 1.29 is 4.79 Å². The maximum Gasteiger partial charge on any atom is 0.193 e. The summed E-state index contributed by atoms with van der Waals surface area (Å²) in [7, 11) is 0. The van der Waals surface area contributed by atoms with Crippen molar-refractivity contribution in [3.8, 4) is 0 Å². The Labute approximate surface area is 126 Å². The van der Waals surface area contributed by atoms with E-state index in [1.165, 1.54) is 0 Å². The molecule has 3 rings (SSSR count). The van der Waals surface area contributed by atoms with Gasteiger partial charge in [0.2, 0.25) is 0 Å². The molecule has 0 fully saturated rings. The molecule has 4 heteroatoms. The van der Waals surface area contributed by atoms with E-state index in [1.807, 2.05) is 24.3 Å². The van der Waals surface area contributed by atoms with Crippen LogP contribution in [0.25, 0.3) is 10.9 Å². The molecule has 0 aliphatic rings. The normalized spacial score (nSPS) is 10.7. The molecule has 0 atom stereocenters. The molecule has 2 nitrogen and oxygen atoms in total. The van der Waals surface area contributed by atoms with Crippen molar-refractivity contribution in [3.63, 3.8) is 0 Å². The average molecular weight is 302 g/mol. The van der Waals surface area contributed by atoms with Crippen molar-refractivity contribution in [2.45, 2.75) is 0 Å². The van der Waals surface area contributed by atoms with E-state index in [0.717, 1.165) is 10.9 Å². The number of carbonyl (C=O) groups is 1. The molecule has 0 aliphatic carbocycles. The number of hydrogen-bond acceptors (Lipinski definition) is 2. The molecule has 0 saturated carbocycles. The summed E-state index contributed by atoms with van der Waals surface area (Å²) in [6.45, 7) is 0. The highest BCUT2D eigenvalue weighted by atomic mass is 35.5. The molecular weight excluding hydrogens is 293 g/mol. The van der Waals surface area contributed by atoms with Crippen LogP contribution in [0.2, 0.25) is 10.0 Å². The summed E-state index contributed by atoms with van der Waals surface area (Å²) in [6.07, 6.45) is 1.63. The first kappa shape index (κ1) is 13.1. The fraction of sp³-hybridized carbons (Fsp3) is 0. The molecule has 20 heavy (non-hydrogen) atoms. The quantitative estimate of drug-likeness (QED) is 0.638. The molecule has 1 aromatic heterocycles. The van der Waals surface area contributed by atoms with Gasteiger partial charge in [-0.05, 0) is 30.3 Å². The number of carbonyl (C=O) groups excluding carboxylic acids is 1. The van der Waals surface area contributed by atoms with E-state index in [1.54, 1.807) is 30.5 Å². The van der Waals surface area contributed by atoms with Gasteiger partial charge < -0.3 is 0 Å². The highest BCUT2D eigenvalue weighted by Crippen LogP contribution is 2.25. The van der Waals surface area contributed by atoms with E-state index in [2.05, 4.69) is 4.98 Å². The van der Waals surface area contributed by atoms with E-state index in [9.17, 15) is 4.79 Å². The summed E-state index contributed by atoms with van der Waals surface area (Å²) in [5, 5.41) is 1.63. The third kappa shape index (κ3) is 2.28. The number of nitrogens with zero attached hydrogens (tertiary/aromatic N) is 1. The van der Waals surface area contributed by atoms with Crippen molar-refractivity contribution in [1.82, 2.24) is 4.98 Å². The fourth-order valence-corrected chi connectivity index (χ4v) is 2.38. The summed E-state index contributed by atoms with van der Waals surface area (Å²) < 4.78 is 0. The summed E-state index contributed by atoms with van der Waals surface area (Å²) in [5.41, 5.74) is 1.91. The minimum absolute atomic E-state index is 0.0952. The molecule has 3 aromatic rings. The minimum atomic E-state index is -0.0952. The van der Waals surface area contributed by atoms with Gasteiger partial charge in [0, 0.05) is 22.7 Å². The van der Waals surface area contributed by atoms with Crippen LogP contribution in [0.15, 0.2) is 54.7 Å². The first-order chi connectivity index (χ1) is 9.66. The van der Waals surface area contributed by atoms with Gasteiger partial charge in [0.1, 0.15) is 0 Å². The standard InChI is InChI=1S/C16H9Cl2NO/c17-13-6-5-10(9-14(13)18)16(20)12-7-8-19-15-4-2-1-3-11(12)15/h1-9H. The molecule has 0 amide bonds. The minimum Gasteiger partial charge on any atom is -0.289 e. The van der Waals surface area contributed by atoms with Gasteiger partial charge in [-0.1, -0.05) is 41.4 Å². The van der Waals surface area contributed by atoms with Crippen LogP contribution in [-0.4, -0.2) is 10.8 Å². The third-order valence-corrected chi connectivity index (χ3v) is 3.81. The van der Waals surface area contributed by atoms with Crippen LogP contribution < -0.4 is 0 Å². The molecule has 98 valence electrons. The van der Waals surface area contributed by atoms with Gasteiger partial charge in [-0.15, -0.1) is 0 Å². The van der Waals surface area contributed by atoms with Crippen LogP contribution in [0.3, 0.4) is 0 Å².